The van der Waals surface area contributed by atoms with Crippen LogP contribution < -0.4 is 15.5 Å². The van der Waals surface area contributed by atoms with E-state index in [0.29, 0.717) is 13.1 Å². The van der Waals surface area contributed by atoms with E-state index in [4.69, 9.17) is 4.74 Å². The van der Waals surface area contributed by atoms with Crippen molar-refractivity contribution < 1.29 is 9.53 Å². The zero-order chi connectivity index (χ0) is 19.8. The first-order valence-corrected chi connectivity index (χ1v) is 9.76. The van der Waals surface area contributed by atoms with Crippen molar-refractivity contribution >= 4 is 11.7 Å². The molecule has 0 aromatic heterocycles. The van der Waals surface area contributed by atoms with Gasteiger partial charge in [-0.05, 0) is 28.8 Å². The lowest BCUT2D eigenvalue weighted by molar-refractivity contribution is 0.0341. The lowest BCUT2D eigenvalue weighted by Gasteiger charge is -2.27. The number of nitrogens with zero attached hydrogens (tertiary/aromatic N) is 2. The van der Waals surface area contributed by atoms with Gasteiger partial charge in [-0.2, -0.15) is 0 Å². The van der Waals surface area contributed by atoms with Gasteiger partial charge in [0.15, 0.2) is 0 Å². The third-order valence-electron chi connectivity index (χ3n) is 4.94. The largest absolute Gasteiger partial charge is 0.379 e. The van der Waals surface area contributed by atoms with Gasteiger partial charge < -0.3 is 20.3 Å². The Hall–Kier alpha value is -2.57. The molecule has 0 bridgehead atoms. The van der Waals surface area contributed by atoms with Crippen molar-refractivity contribution in [3.8, 4) is 0 Å². The van der Waals surface area contributed by atoms with Crippen molar-refractivity contribution in [2.75, 3.05) is 45.3 Å². The molecular formula is C22H30N4O2. The molecule has 0 spiro atoms. The molecule has 0 radical (unpaired) electrons. The summed E-state index contributed by atoms with van der Waals surface area (Å²) in [7, 11) is 4.02. The first-order valence-electron chi connectivity index (χ1n) is 9.76. The van der Waals surface area contributed by atoms with Gasteiger partial charge in [-0.15, -0.1) is 0 Å². The highest BCUT2D eigenvalue weighted by Crippen LogP contribution is 2.14. The summed E-state index contributed by atoms with van der Waals surface area (Å²) >= 11 is 0. The second kappa shape index (κ2) is 10.1. The second-order valence-electron chi connectivity index (χ2n) is 7.26. The molecule has 2 aromatic carbocycles. The summed E-state index contributed by atoms with van der Waals surface area (Å²) in [5.74, 6) is 0. The SMILES string of the molecule is CN(C)c1cccc(CNC(=O)NCc2ccccc2CN2CCOCC2)c1. The first kappa shape index (κ1) is 20.2. The lowest BCUT2D eigenvalue weighted by atomic mass is 10.1. The van der Waals surface area contributed by atoms with E-state index < -0.39 is 0 Å². The summed E-state index contributed by atoms with van der Waals surface area (Å²) in [5.41, 5.74) is 4.60. The van der Waals surface area contributed by atoms with Crippen LogP contribution in [0.25, 0.3) is 0 Å². The third-order valence-corrected chi connectivity index (χ3v) is 4.94. The average Bonchev–Trinajstić information content (AvgIpc) is 2.72. The van der Waals surface area contributed by atoms with Crippen LogP contribution in [0.1, 0.15) is 16.7 Å². The molecule has 1 fully saturated rings. The van der Waals surface area contributed by atoms with Crippen LogP contribution in [-0.4, -0.2) is 51.3 Å². The van der Waals surface area contributed by atoms with Crippen LogP contribution in [0, 0.1) is 0 Å². The molecule has 0 saturated carbocycles. The highest BCUT2D eigenvalue weighted by Gasteiger charge is 2.13. The molecule has 6 nitrogen and oxygen atoms in total. The molecule has 0 atom stereocenters. The number of ether oxygens (including phenoxy) is 1. The second-order valence-corrected chi connectivity index (χ2v) is 7.26. The maximum absolute atomic E-state index is 12.3. The predicted octanol–water partition coefficient (Wildman–Crippen LogP) is 2.58. The molecule has 6 heteroatoms. The number of carbonyl (C=O) groups is 1. The molecule has 2 amide bonds. The monoisotopic (exact) mass is 382 g/mol. The molecule has 28 heavy (non-hydrogen) atoms. The smallest absolute Gasteiger partial charge is 0.315 e. The fraction of sp³-hybridized carbons (Fsp3) is 0.409. The molecule has 3 rings (SSSR count). The van der Waals surface area contributed by atoms with Gasteiger partial charge in [0.1, 0.15) is 0 Å². The van der Waals surface area contributed by atoms with E-state index in [1.165, 1.54) is 5.56 Å². The quantitative estimate of drug-likeness (QED) is 0.773. The third kappa shape index (κ3) is 5.97. The maximum Gasteiger partial charge on any atom is 0.315 e. The van der Waals surface area contributed by atoms with E-state index in [1.54, 1.807) is 0 Å². The van der Waals surface area contributed by atoms with E-state index >= 15 is 0 Å². The molecular weight excluding hydrogens is 352 g/mol. The van der Waals surface area contributed by atoms with Crippen LogP contribution >= 0.6 is 0 Å². The number of carbonyl (C=O) groups excluding carboxylic acids is 1. The Bertz CT molecular complexity index is 773. The molecule has 1 aliphatic heterocycles. The van der Waals surface area contributed by atoms with Crippen LogP contribution in [0.5, 0.6) is 0 Å². The Morgan fingerprint density at radius 3 is 2.46 bits per heavy atom. The molecule has 150 valence electrons. The summed E-state index contributed by atoms with van der Waals surface area (Å²) < 4.78 is 5.42. The number of amides is 2. The van der Waals surface area contributed by atoms with Crippen molar-refractivity contribution in [3.05, 3.63) is 65.2 Å². The minimum absolute atomic E-state index is 0.156. The van der Waals surface area contributed by atoms with E-state index in [9.17, 15) is 4.79 Å². The van der Waals surface area contributed by atoms with Gasteiger partial charge in [-0.25, -0.2) is 4.79 Å². The van der Waals surface area contributed by atoms with E-state index in [2.05, 4.69) is 50.8 Å². The zero-order valence-corrected chi connectivity index (χ0v) is 16.8. The van der Waals surface area contributed by atoms with E-state index in [-0.39, 0.29) is 6.03 Å². The maximum atomic E-state index is 12.3. The summed E-state index contributed by atoms with van der Waals surface area (Å²) in [4.78, 5) is 16.7. The van der Waals surface area contributed by atoms with Crippen LogP contribution in [0.3, 0.4) is 0 Å². The minimum Gasteiger partial charge on any atom is -0.379 e. The topological polar surface area (TPSA) is 56.8 Å². The van der Waals surface area contributed by atoms with Gasteiger partial charge in [0.05, 0.1) is 13.2 Å². The fourth-order valence-electron chi connectivity index (χ4n) is 3.25. The standard InChI is InChI=1S/C22H30N4O2/c1-25(2)21-9-5-6-18(14-21)15-23-22(27)24-16-19-7-3-4-8-20(19)17-26-10-12-28-13-11-26/h3-9,14H,10-13,15-17H2,1-2H3,(H2,23,24,27). The summed E-state index contributed by atoms with van der Waals surface area (Å²) in [6.45, 7) is 5.39. The van der Waals surface area contributed by atoms with Crippen LogP contribution in [-0.2, 0) is 24.4 Å². The Morgan fingerprint density at radius 1 is 1.00 bits per heavy atom. The Morgan fingerprint density at radius 2 is 1.71 bits per heavy atom. The van der Waals surface area contributed by atoms with Crippen molar-refractivity contribution in [3.63, 3.8) is 0 Å². The van der Waals surface area contributed by atoms with E-state index in [0.717, 1.165) is 49.7 Å². The highest BCUT2D eigenvalue weighted by molar-refractivity contribution is 5.73. The van der Waals surface area contributed by atoms with Gasteiger partial charge in [0.2, 0.25) is 0 Å². The molecule has 1 heterocycles. The van der Waals surface area contributed by atoms with Gasteiger partial charge in [0.25, 0.3) is 0 Å². The average molecular weight is 383 g/mol. The van der Waals surface area contributed by atoms with Crippen LogP contribution in [0.15, 0.2) is 48.5 Å². The number of benzene rings is 2. The molecule has 2 N–H and O–H groups in total. The van der Waals surface area contributed by atoms with Crippen molar-refractivity contribution in [1.29, 1.82) is 0 Å². The number of morpholine rings is 1. The zero-order valence-electron chi connectivity index (χ0n) is 16.8. The lowest BCUT2D eigenvalue weighted by Crippen LogP contribution is -2.37. The number of hydrogen-bond acceptors (Lipinski definition) is 4. The van der Waals surface area contributed by atoms with Gasteiger partial charge in [-0.1, -0.05) is 36.4 Å². The van der Waals surface area contributed by atoms with Gasteiger partial charge in [0, 0.05) is 52.5 Å². The number of nitrogens with one attached hydrogen (secondary N) is 2. The van der Waals surface area contributed by atoms with Gasteiger partial charge >= 0.3 is 6.03 Å². The molecule has 0 aliphatic carbocycles. The first-order chi connectivity index (χ1) is 13.6. The summed E-state index contributed by atoms with van der Waals surface area (Å²) in [6, 6.07) is 16.3. The summed E-state index contributed by atoms with van der Waals surface area (Å²) in [6.07, 6.45) is 0. The number of urea groups is 1. The Balaban J connectivity index is 1.50. The van der Waals surface area contributed by atoms with Crippen LogP contribution in [0.2, 0.25) is 0 Å². The van der Waals surface area contributed by atoms with Crippen LogP contribution in [0.4, 0.5) is 10.5 Å². The Labute approximate surface area is 167 Å². The van der Waals surface area contributed by atoms with Crippen molar-refractivity contribution in [2.24, 2.45) is 0 Å². The number of anilines is 1. The molecule has 0 unspecified atom stereocenters. The Kier molecular flexibility index (Phi) is 7.28. The number of rotatable bonds is 7. The van der Waals surface area contributed by atoms with Crippen molar-refractivity contribution in [1.82, 2.24) is 15.5 Å². The minimum atomic E-state index is -0.156. The van der Waals surface area contributed by atoms with Crippen molar-refractivity contribution in [2.45, 2.75) is 19.6 Å². The fourth-order valence-corrected chi connectivity index (χ4v) is 3.25. The highest BCUT2D eigenvalue weighted by atomic mass is 16.5. The van der Waals surface area contributed by atoms with E-state index in [1.807, 2.05) is 32.3 Å². The summed E-state index contributed by atoms with van der Waals surface area (Å²) in [5, 5.41) is 5.92. The van der Waals surface area contributed by atoms with Gasteiger partial charge in [-0.3, -0.25) is 4.90 Å². The normalized spacial score (nSPS) is 14.5. The molecule has 2 aromatic rings. The molecule has 1 aliphatic rings. The molecule has 1 saturated heterocycles. The number of hydrogen-bond donors (Lipinski definition) is 2. The predicted molar refractivity (Wildman–Crippen MR) is 112 cm³/mol.